The summed E-state index contributed by atoms with van der Waals surface area (Å²) in [5.74, 6) is 1.62. The Morgan fingerprint density at radius 1 is 1.62 bits per heavy atom. The van der Waals surface area contributed by atoms with E-state index < -0.39 is 0 Å². The zero-order valence-electron chi connectivity index (χ0n) is 8.91. The number of rotatable bonds is 4. The SMILES string of the molecule is CCC(NC)C(C)c1nccn1C. The lowest BCUT2D eigenvalue weighted by atomic mass is 9.99. The van der Waals surface area contributed by atoms with Crippen molar-refractivity contribution in [2.75, 3.05) is 7.05 Å². The molecule has 74 valence electrons. The Hall–Kier alpha value is -0.830. The highest BCUT2D eigenvalue weighted by Crippen LogP contribution is 2.18. The van der Waals surface area contributed by atoms with Crippen LogP contribution in [-0.2, 0) is 7.05 Å². The summed E-state index contributed by atoms with van der Waals surface area (Å²) < 4.78 is 2.09. The van der Waals surface area contributed by atoms with Crippen molar-refractivity contribution >= 4 is 0 Å². The first-order valence-corrected chi connectivity index (χ1v) is 4.85. The van der Waals surface area contributed by atoms with E-state index in [1.165, 1.54) is 0 Å². The standard InChI is InChI=1S/C10H19N3/c1-5-9(11-3)8(2)10-12-6-7-13(10)4/h6-9,11H,5H2,1-4H3. The minimum Gasteiger partial charge on any atom is -0.338 e. The molecule has 1 aromatic heterocycles. The van der Waals surface area contributed by atoms with E-state index in [-0.39, 0.29) is 0 Å². The molecule has 0 fully saturated rings. The summed E-state index contributed by atoms with van der Waals surface area (Å²) in [6.45, 7) is 4.41. The highest BCUT2D eigenvalue weighted by molar-refractivity contribution is 5.02. The second-order valence-electron chi connectivity index (χ2n) is 3.49. The van der Waals surface area contributed by atoms with Crippen LogP contribution >= 0.6 is 0 Å². The summed E-state index contributed by atoms with van der Waals surface area (Å²) >= 11 is 0. The van der Waals surface area contributed by atoms with Gasteiger partial charge in [-0.05, 0) is 13.5 Å². The van der Waals surface area contributed by atoms with Gasteiger partial charge in [0.1, 0.15) is 5.82 Å². The van der Waals surface area contributed by atoms with Crippen molar-refractivity contribution in [1.82, 2.24) is 14.9 Å². The predicted molar refractivity (Wildman–Crippen MR) is 54.8 cm³/mol. The normalized spacial score (nSPS) is 15.7. The predicted octanol–water partition coefficient (Wildman–Crippen LogP) is 1.52. The molecule has 13 heavy (non-hydrogen) atoms. The van der Waals surface area contributed by atoms with Gasteiger partial charge in [0.15, 0.2) is 0 Å². The van der Waals surface area contributed by atoms with Crippen LogP contribution in [0.1, 0.15) is 32.0 Å². The second kappa shape index (κ2) is 4.42. The van der Waals surface area contributed by atoms with E-state index in [2.05, 4.69) is 28.7 Å². The number of hydrogen-bond donors (Lipinski definition) is 1. The molecule has 0 saturated carbocycles. The van der Waals surface area contributed by atoms with E-state index in [9.17, 15) is 0 Å². The Kier molecular flexibility index (Phi) is 3.48. The topological polar surface area (TPSA) is 29.9 Å². The molecule has 0 spiro atoms. The van der Waals surface area contributed by atoms with Crippen LogP contribution in [0.15, 0.2) is 12.4 Å². The lowest BCUT2D eigenvalue weighted by Gasteiger charge is -2.21. The van der Waals surface area contributed by atoms with Gasteiger partial charge in [0.2, 0.25) is 0 Å². The van der Waals surface area contributed by atoms with Crippen molar-refractivity contribution in [3.05, 3.63) is 18.2 Å². The van der Waals surface area contributed by atoms with Crippen molar-refractivity contribution in [1.29, 1.82) is 0 Å². The molecule has 0 aliphatic carbocycles. The lowest BCUT2D eigenvalue weighted by molar-refractivity contribution is 0.449. The fourth-order valence-corrected chi connectivity index (χ4v) is 1.80. The molecule has 3 nitrogen and oxygen atoms in total. The summed E-state index contributed by atoms with van der Waals surface area (Å²) in [4.78, 5) is 4.36. The zero-order chi connectivity index (χ0) is 9.84. The number of aromatic nitrogens is 2. The Morgan fingerprint density at radius 3 is 2.69 bits per heavy atom. The molecule has 0 amide bonds. The second-order valence-corrected chi connectivity index (χ2v) is 3.49. The summed E-state index contributed by atoms with van der Waals surface area (Å²) in [6, 6.07) is 0.515. The molecule has 0 aliphatic rings. The van der Waals surface area contributed by atoms with Gasteiger partial charge in [-0.15, -0.1) is 0 Å². The quantitative estimate of drug-likeness (QED) is 0.763. The molecule has 0 radical (unpaired) electrons. The smallest absolute Gasteiger partial charge is 0.112 e. The first-order valence-electron chi connectivity index (χ1n) is 4.85. The maximum absolute atomic E-state index is 4.36. The first kappa shape index (κ1) is 10.3. The van der Waals surface area contributed by atoms with Gasteiger partial charge in [-0.1, -0.05) is 13.8 Å². The fourth-order valence-electron chi connectivity index (χ4n) is 1.80. The van der Waals surface area contributed by atoms with Crippen molar-refractivity contribution < 1.29 is 0 Å². The van der Waals surface area contributed by atoms with Crippen LogP contribution in [0, 0.1) is 0 Å². The molecular formula is C10H19N3. The Morgan fingerprint density at radius 2 is 2.31 bits per heavy atom. The Bertz CT molecular complexity index is 250. The molecule has 3 heteroatoms. The maximum Gasteiger partial charge on any atom is 0.112 e. The van der Waals surface area contributed by atoms with E-state index in [1.54, 1.807) is 0 Å². The van der Waals surface area contributed by atoms with E-state index >= 15 is 0 Å². The van der Waals surface area contributed by atoms with Gasteiger partial charge < -0.3 is 9.88 Å². The maximum atomic E-state index is 4.36. The zero-order valence-corrected chi connectivity index (χ0v) is 8.91. The third-order valence-electron chi connectivity index (χ3n) is 2.68. The van der Waals surface area contributed by atoms with E-state index in [0.29, 0.717) is 12.0 Å². The van der Waals surface area contributed by atoms with Crippen molar-refractivity contribution in [3.63, 3.8) is 0 Å². The molecular weight excluding hydrogens is 162 g/mol. The minimum atomic E-state index is 0.468. The van der Waals surface area contributed by atoms with Crippen LogP contribution in [0.5, 0.6) is 0 Å². The Balaban J connectivity index is 2.77. The van der Waals surface area contributed by atoms with Gasteiger partial charge in [0.05, 0.1) is 0 Å². The number of imidazole rings is 1. The van der Waals surface area contributed by atoms with Crippen LogP contribution in [0.25, 0.3) is 0 Å². The molecule has 1 N–H and O–H groups in total. The van der Waals surface area contributed by atoms with E-state index in [4.69, 9.17) is 0 Å². The van der Waals surface area contributed by atoms with Crippen LogP contribution in [0.2, 0.25) is 0 Å². The molecule has 0 saturated heterocycles. The molecule has 1 aromatic rings. The van der Waals surface area contributed by atoms with Gasteiger partial charge >= 0.3 is 0 Å². The van der Waals surface area contributed by atoms with Crippen LogP contribution in [0.4, 0.5) is 0 Å². The number of nitrogens with zero attached hydrogens (tertiary/aromatic N) is 2. The summed E-state index contributed by atoms with van der Waals surface area (Å²) in [5, 5.41) is 3.31. The number of likely N-dealkylation sites (N-methyl/N-ethyl adjacent to an activating group) is 1. The lowest BCUT2D eigenvalue weighted by Crippen LogP contribution is -2.31. The van der Waals surface area contributed by atoms with Gasteiger partial charge in [0, 0.05) is 31.4 Å². The highest BCUT2D eigenvalue weighted by Gasteiger charge is 2.18. The number of hydrogen-bond acceptors (Lipinski definition) is 2. The molecule has 2 unspecified atom stereocenters. The highest BCUT2D eigenvalue weighted by atomic mass is 15.0. The van der Waals surface area contributed by atoms with Gasteiger partial charge in [-0.25, -0.2) is 4.98 Å². The van der Waals surface area contributed by atoms with Gasteiger partial charge in [-0.2, -0.15) is 0 Å². The molecule has 0 aromatic carbocycles. The first-order chi connectivity index (χ1) is 6.20. The number of aryl methyl sites for hydroxylation is 1. The van der Waals surface area contributed by atoms with Gasteiger partial charge in [-0.3, -0.25) is 0 Å². The monoisotopic (exact) mass is 181 g/mol. The summed E-state index contributed by atoms with van der Waals surface area (Å²) in [5.41, 5.74) is 0. The average molecular weight is 181 g/mol. The number of nitrogens with one attached hydrogen (secondary N) is 1. The minimum absolute atomic E-state index is 0.468. The molecule has 2 atom stereocenters. The molecule has 1 heterocycles. The third kappa shape index (κ3) is 2.10. The van der Waals surface area contributed by atoms with Gasteiger partial charge in [0.25, 0.3) is 0 Å². The van der Waals surface area contributed by atoms with Crippen molar-refractivity contribution in [3.8, 4) is 0 Å². The molecule has 0 aliphatic heterocycles. The van der Waals surface area contributed by atoms with Crippen LogP contribution in [-0.4, -0.2) is 22.6 Å². The Labute approximate surface area is 80.2 Å². The fraction of sp³-hybridized carbons (Fsp3) is 0.700. The van der Waals surface area contributed by atoms with E-state index in [0.717, 1.165) is 12.2 Å². The molecule has 1 rings (SSSR count). The van der Waals surface area contributed by atoms with Crippen molar-refractivity contribution in [2.24, 2.45) is 7.05 Å². The van der Waals surface area contributed by atoms with E-state index in [1.807, 2.05) is 26.5 Å². The van der Waals surface area contributed by atoms with Crippen molar-refractivity contribution in [2.45, 2.75) is 32.2 Å². The molecule has 0 bridgehead atoms. The van der Waals surface area contributed by atoms with Crippen LogP contribution in [0.3, 0.4) is 0 Å². The third-order valence-corrected chi connectivity index (χ3v) is 2.68. The van der Waals surface area contributed by atoms with Crippen LogP contribution < -0.4 is 5.32 Å². The average Bonchev–Trinajstić information content (AvgIpc) is 2.53. The summed E-state index contributed by atoms with van der Waals surface area (Å²) in [6.07, 6.45) is 4.98. The summed E-state index contributed by atoms with van der Waals surface area (Å²) in [7, 11) is 4.05. The largest absolute Gasteiger partial charge is 0.338 e.